The first-order valence-electron chi connectivity index (χ1n) is 8.98. The molecule has 25 heavy (non-hydrogen) atoms. The predicted molar refractivity (Wildman–Crippen MR) is 101 cm³/mol. The topological polar surface area (TPSA) is 59.6 Å². The summed E-state index contributed by atoms with van der Waals surface area (Å²) >= 11 is 5.49. The summed E-state index contributed by atoms with van der Waals surface area (Å²) in [6.45, 7) is 4.68. The van der Waals surface area contributed by atoms with E-state index in [4.69, 9.17) is 12.2 Å². The summed E-state index contributed by atoms with van der Waals surface area (Å²) in [5, 5.41) is 10.3. The Balaban J connectivity index is 1.58. The van der Waals surface area contributed by atoms with Gasteiger partial charge in [0.05, 0.1) is 6.04 Å². The molecule has 1 aromatic rings. The molecule has 0 aromatic heterocycles. The third kappa shape index (κ3) is 3.29. The summed E-state index contributed by atoms with van der Waals surface area (Å²) in [6, 6.07) is 8.91. The quantitative estimate of drug-likeness (QED) is 0.671. The Morgan fingerprint density at radius 1 is 1.24 bits per heavy atom. The van der Waals surface area contributed by atoms with E-state index >= 15 is 0 Å². The van der Waals surface area contributed by atoms with Crippen molar-refractivity contribution in [3.8, 4) is 0 Å². The molecule has 3 heterocycles. The van der Waals surface area contributed by atoms with Crippen LogP contribution in [0, 0.1) is 0 Å². The monoisotopic (exact) mass is 359 g/mol. The largest absolute Gasteiger partial charge is 0.339 e. The molecule has 134 valence electrons. The number of amides is 1. The van der Waals surface area contributed by atoms with Gasteiger partial charge in [0, 0.05) is 32.2 Å². The molecule has 3 unspecified atom stereocenters. The Morgan fingerprint density at radius 2 is 2.08 bits per heavy atom. The lowest BCUT2D eigenvalue weighted by Gasteiger charge is -2.39. The molecular formula is C18H25N5OS. The Morgan fingerprint density at radius 3 is 2.92 bits per heavy atom. The van der Waals surface area contributed by atoms with E-state index in [0.717, 1.165) is 39.1 Å². The number of fused-ring (bicyclic) bond motifs is 1. The number of likely N-dealkylation sites (N-methyl/N-ethyl adjacent to an activating group) is 1. The number of benzene rings is 1. The van der Waals surface area contributed by atoms with Crippen LogP contribution in [0.1, 0.15) is 23.6 Å². The Kier molecular flexibility index (Phi) is 4.73. The number of hydrogen-bond donors (Lipinski definition) is 3. The van der Waals surface area contributed by atoms with Gasteiger partial charge in [-0.15, -0.1) is 0 Å². The van der Waals surface area contributed by atoms with Crippen LogP contribution < -0.4 is 16.0 Å². The van der Waals surface area contributed by atoms with E-state index in [9.17, 15) is 4.79 Å². The van der Waals surface area contributed by atoms with Crippen LogP contribution in [0.25, 0.3) is 0 Å². The number of hydrogen-bond acceptors (Lipinski definition) is 5. The summed E-state index contributed by atoms with van der Waals surface area (Å²) < 4.78 is 0. The molecular weight excluding hydrogens is 334 g/mol. The van der Waals surface area contributed by atoms with Crippen molar-refractivity contribution >= 4 is 23.2 Å². The number of carbonyl (C=O) groups excluding carboxylic acids is 1. The van der Waals surface area contributed by atoms with Crippen LogP contribution >= 0.6 is 12.2 Å². The first-order valence-corrected chi connectivity index (χ1v) is 9.39. The molecule has 0 spiro atoms. The smallest absolute Gasteiger partial charge is 0.245 e. The fourth-order valence-electron chi connectivity index (χ4n) is 4.19. The van der Waals surface area contributed by atoms with Crippen LogP contribution in [-0.2, 0) is 11.3 Å². The maximum atomic E-state index is 12.1. The van der Waals surface area contributed by atoms with Crippen LogP contribution in [0.2, 0.25) is 0 Å². The van der Waals surface area contributed by atoms with Crippen molar-refractivity contribution in [2.75, 3.05) is 33.2 Å². The van der Waals surface area contributed by atoms with Gasteiger partial charge >= 0.3 is 0 Å². The SMILES string of the molecule is CN1CCNC(c2ccccc2CN2C(=S)NC(=O)C3NCCC32)C1. The van der Waals surface area contributed by atoms with Crippen molar-refractivity contribution in [3.63, 3.8) is 0 Å². The van der Waals surface area contributed by atoms with Crippen LogP contribution in [0.4, 0.5) is 0 Å². The number of rotatable bonds is 3. The lowest BCUT2D eigenvalue weighted by Crippen LogP contribution is -2.63. The van der Waals surface area contributed by atoms with Gasteiger partial charge in [0.2, 0.25) is 5.91 Å². The van der Waals surface area contributed by atoms with Crippen LogP contribution in [-0.4, -0.2) is 66.1 Å². The van der Waals surface area contributed by atoms with Crippen molar-refractivity contribution in [3.05, 3.63) is 35.4 Å². The highest BCUT2D eigenvalue weighted by Gasteiger charge is 2.42. The fourth-order valence-corrected chi connectivity index (χ4v) is 4.49. The van der Waals surface area contributed by atoms with Crippen molar-refractivity contribution in [2.45, 2.75) is 31.1 Å². The molecule has 3 aliphatic heterocycles. The van der Waals surface area contributed by atoms with Gasteiger partial charge in [0.15, 0.2) is 5.11 Å². The van der Waals surface area contributed by atoms with E-state index in [1.807, 2.05) is 0 Å². The first kappa shape index (κ1) is 16.9. The molecule has 0 saturated carbocycles. The average molecular weight is 359 g/mol. The highest BCUT2D eigenvalue weighted by Crippen LogP contribution is 2.26. The van der Waals surface area contributed by atoms with Gasteiger partial charge in [0.1, 0.15) is 6.04 Å². The van der Waals surface area contributed by atoms with E-state index < -0.39 is 0 Å². The Bertz CT molecular complexity index is 681. The maximum absolute atomic E-state index is 12.1. The lowest BCUT2D eigenvalue weighted by molar-refractivity contribution is -0.123. The highest BCUT2D eigenvalue weighted by atomic mass is 32.1. The van der Waals surface area contributed by atoms with E-state index in [-0.39, 0.29) is 18.0 Å². The zero-order valence-corrected chi connectivity index (χ0v) is 15.3. The molecule has 0 bridgehead atoms. The average Bonchev–Trinajstić information content (AvgIpc) is 3.09. The molecule has 3 fully saturated rings. The molecule has 3 saturated heterocycles. The van der Waals surface area contributed by atoms with Crippen molar-refractivity contribution in [1.29, 1.82) is 0 Å². The Hall–Kier alpha value is -1.54. The molecule has 4 rings (SSSR count). The van der Waals surface area contributed by atoms with Crippen LogP contribution in [0.5, 0.6) is 0 Å². The number of carbonyl (C=O) groups is 1. The molecule has 3 N–H and O–H groups in total. The van der Waals surface area contributed by atoms with Crippen molar-refractivity contribution < 1.29 is 4.79 Å². The summed E-state index contributed by atoms with van der Waals surface area (Å²) in [6.07, 6.45) is 0.949. The number of nitrogens with zero attached hydrogens (tertiary/aromatic N) is 2. The van der Waals surface area contributed by atoms with Crippen LogP contribution in [0.3, 0.4) is 0 Å². The first-order chi connectivity index (χ1) is 12.1. The van der Waals surface area contributed by atoms with Gasteiger partial charge in [-0.1, -0.05) is 24.3 Å². The lowest BCUT2D eigenvalue weighted by atomic mass is 9.96. The molecule has 3 atom stereocenters. The summed E-state index contributed by atoms with van der Waals surface area (Å²) in [5.41, 5.74) is 2.61. The molecule has 0 aliphatic carbocycles. The van der Waals surface area contributed by atoms with Gasteiger partial charge < -0.3 is 25.8 Å². The van der Waals surface area contributed by atoms with Gasteiger partial charge in [-0.3, -0.25) is 4.79 Å². The van der Waals surface area contributed by atoms with E-state index in [1.54, 1.807) is 0 Å². The third-order valence-corrected chi connectivity index (χ3v) is 5.85. The van der Waals surface area contributed by atoms with Gasteiger partial charge in [-0.05, 0) is 43.4 Å². The molecule has 0 radical (unpaired) electrons. The molecule has 1 amide bonds. The molecule has 3 aliphatic rings. The normalized spacial score (nSPS) is 30.3. The zero-order valence-electron chi connectivity index (χ0n) is 14.5. The second kappa shape index (κ2) is 6.99. The predicted octanol–water partition coefficient (Wildman–Crippen LogP) is 0.210. The minimum atomic E-state index is -0.155. The van der Waals surface area contributed by atoms with Gasteiger partial charge in [-0.2, -0.15) is 0 Å². The third-order valence-electron chi connectivity index (χ3n) is 5.51. The summed E-state index contributed by atoms with van der Waals surface area (Å²) in [5.74, 6) is 0.00704. The minimum absolute atomic E-state index is 0.00704. The van der Waals surface area contributed by atoms with Crippen molar-refractivity contribution in [2.24, 2.45) is 0 Å². The summed E-state index contributed by atoms with van der Waals surface area (Å²) in [4.78, 5) is 16.7. The van der Waals surface area contributed by atoms with E-state index in [1.165, 1.54) is 11.1 Å². The van der Waals surface area contributed by atoms with Crippen LogP contribution in [0.15, 0.2) is 24.3 Å². The molecule has 7 heteroatoms. The minimum Gasteiger partial charge on any atom is -0.339 e. The Labute approximate surface area is 153 Å². The highest BCUT2D eigenvalue weighted by molar-refractivity contribution is 7.80. The van der Waals surface area contributed by atoms with Gasteiger partial charge in [-0.25, -0.2) is 0 Å². The maximum Gasteiger partial charge on any atom is 0.245 e. The van der Waals surface area contributed by atoms with Gasteiger partial charge in [0.25, 0.3) is 0 Å². The number of nitrogens with one attached hydrogen (secondary N) is 3. The number of piperazine rings is 1. The summed E-state index contributed by atoms with van der Waals surface area (Å²) in [7, 11) is 2.17. The molecule has 6 nitrogen and oxygen atoms in total. The van der Waals surface area contributed by atoms with Crippen molar-refractivity contribution in [1.82, 2.24) is 25.8 Å². The second-order valence-corrected chi connectivity index (χ2v) is 7.56. The fraction of sp³-hybridized carbons (Fsp3) is 0.556. The zero-order chi connectivity index (χ0) is 17.4. The molecule has 1 aromatic carbocycles. The number of thiocarbonyl (C=S) groups is 1. The second-order valence-electron chi connectivity index (χ2n) is 7.18. The van der Waals surface area contributed by atoms with E-state index in [0.29, 0.717) is 11.2 Å². The van der Waals surface area contributed by atoms with E-state index in [2.05, 4.69) is 57.1 Å². The standard InChI is InChI=1S/C18H25N5OS/c1-22-9-8-19-14(11-22)13-5-3-2-4-12(13)10-23-15-6-7-20-16(15)17(24)21-18(23)25/h2-5,14-16,19-20H,6-11H2,1H3,(H,21,24,25).